The molecule has 6 heteroatoms. The number of hydrogen-bond donors (Lipinski definition) is 0. The second kappa shape index (κ2) is 5.47. The summed E-state index contributed by atoms with van der Waals surface area (Å²) in [5, 5.41) is 1.82. The van der Waals surface area contributed by atoms with E-state index in [2.05, 4.69) is 15.9 Å². The lowest BCUT2D eigenvalue weighted by atomic mass is 9.76. The van der Waals surface area contributed by atoms with Gasteiger partial charge in [-0.2, -0.15) is 4.31 Å². The molecule has 2 atom stereocenters. The van der Waals surface area contributed by atoms with E-state index in [-0.39, 0.29) is 0 Å². The Morgan fingerprint density at radius 1 is 1.21 bits per heavy atom. The van der Waals surface area contributed by atoms with E-state index in [1.165, 1.54) is 37.0 Å². The molecule has 3 rings (SSSR count). The Morgan fingerprint density at radius 2 is 1.95 bits per heavy atom. The molecule has 1 aromatic heterocycles. The highest BCUT2D eigenvalue weighted by atomic mass is 79.9. The molecule has 19 heavy (non-hydrogen) atoms. The van der Waals surface area contributed by atoms with Gasteiger partial charge < -0.3 is 0 Å². The molecule has 0 spiro atoms. The van der Waals surface area contributed by atoms with Crippen LogP contribution in [0.15, 0.2) is 20.1 Å². The fraction of sp³-hybridized carbons (Fsp3) is 0.692. The Labute approximate surface area is 127 Å². The second-order valence-corrected chi connectivity index (χ2v) is 9.42. The monoisotopic (exact) mass is 363 g/mol. The Balaban J connectivity index is 1.81. The van der Waals surface area contributed by atoms with Crippen molar-refractivity contribution in [3.8, 4) is 0 Å². The van der Waals surface area contributed by atoms with Crippen LogP contribution < -0.4 is 0 Å². The van der Waals surface area contributed by atoms with E-state index in [1.54, 1.807) is 4.31 Å². The maximum atomic E-state index is 12.7. The quantitative estimate of drug-likeness (QED) is 0.802. The van der Waals surface area contributed by atoms with Crippen LogP contribution in [-0.2, 0) is 10.0 Å². The van der Waals surface area contributed by atoms with E-state index < -0.39 is 10.0 Å². The predicted octanol–water partition coefficient (Wildman–Crippen LogP) is 3.71. The lowest BCUT2D eigenvalue weighted by Gasteiger charge is -2.40. The van der Waals surface area contributed by atoms with Crippen molar-refractivity contribution in [1.29, 1.82) is 0 Å². The highest BCUT2D eigenvalue weighted by molar-refractivity contribution is 9.10. The van der Waals surface area contributed by atoms with Gasteiger partial charge in [0.25, 0.3) is 10.0 Å². The topological polar surface area (TPSA) is 37.4 Å². The van der Waals surface area contributed by atoms with E-state index in [1.807, 2.05) is 11.4 Å². The molecule has 1 saturated heterocycles. The zero-order valence-corrected chi connectivity index (χ0v) is 13.9. The van der Waals surface area contributed by atoms with Crippen LogP contribution in [0.3, 0.4) is 0 Å². The molecule has 0 aromatic carbocycles. The highest BCUT2D eigenvalue weighted by Crippen LogP contribution is 2.39. The molecule has 0 radical (unpaired) electrons. The van der Waals surface area contributed by atoms with E-state index in [9.17, 15) is 8.42 Å². The first-order valence-electron chi connectivity index (χ1n) is 6.82. The van der Waals surface area contributed by atoms with Crippen LogP contribution in [0.2, 0.25) is 0 Å². The number of nitrogens with zero attached hydrogens (tertiary/aromatic N) is 1. The molecule has 106 valence electrons. The number of fused-ring (bicyclic) bond motifs is 1. The molecule has 1 aliphatic heterocycles. The first-order chi connectivity index (χ1) is 9.09. The van der Waals surface area contributed by atoms with Gasteiger partial charge in [-0.15, -0.1) is 11.3 Å². The summed E-state index contributed by atoms with van der Waals surface area (Å²) in [7, 11) is -3.29. The summed E-state index contributed by atoms with van der Waals surface area (Å²) < 4.78 is 28.2. The Kier molecular flexibility index (Phi) is 4.04. The minimum atomic E-state index is -3.29. The number of hydrogen-bond acceptors (Lipinski definition) is 3. The molecule has 2 aliphatic rings. The van der Waals surface area contributed by atoms with E-state index in [0.29, 0.717) is 21.1 Å². The van der Waals surface area contributed by atoms with Crippen LogP contribution in [-0.4, -0.2) is 25.8 Å². The molecule has 2 unspecified atom stereocenters. The molecular weight excluding hydrogens is 346 g/mol. The third-order valence-electron chi connectivity index (χ3n) is 4.41. The largest absolute Gasteiger partial charge is 0.253 e. The summed E-state index contributed by atoms with van der Waals surface area (Å²) >= 11 is 4.65. The van der Waals surface area contributed by atoms with Crippen LogP contribution in [0.1, 0.15) is 32.1 Å². The van der Waals surface area contributed by atoms with Crippen molar-refractivity contribution >= 4 is 37.3 Å². The minimum Gasteiger partial charge on any atom is -0.206 e. The standard InChI is InChI=1S/C13H18BrNO2S2/c14-12-6-8-18-13(12)19(16,17)15-7-5-10-3-1-2-4-11(10)9-15/h6,8,10-11H,1-5,7,9H2. The third kappa shape index (κ3) is 2.64. The molecule has 1 saturated carbocycles. The molecule has 0 amide bonds. The van der Waals surface area contributed by atoms with Crippen LogP contribution in [0.5, 0.6) is 0 Å². The molecular formula is C13H18BrNO2S2. The lowest BCUT2D eigenvalue weighted by molar-refractivity contribution is 0.136. The van der Waals surface area contributed by atoms with Crippen LogP contribution >= 0.6 is 27.3 Å². The summed E-state index contributed by atoms with van der Waals surface area (Å²) in [5.74, 6) is 1.34. The molecule has 0 bridgehead atoms. The van der Waals surface area contributed by atoms with Gasteiger partial charge in [-0.05, 0) is 52.1 Å². The van der Waals surface area contributed by atoms with Gasteiger partial charge in [0, 0.05) is 17.6 Å². The zero-order chi connectivity index (χ0) is 13.5. The van der Waals surface area contributed by atoms with Crippen LogP contribution in [0.4, 0.5) is 0 Å². The van der Waals surface area contributed by atoms with Crippen molar-refractivity contribution in [3.63, 3.8) is 0 Å². The molecule has 1 aromatic rings. The summed E-state index contributed by atoms with van der Waals surface area (Å²) in [4.78, 5) is 0. The van der Waals surface area contributed by atoms with E-state index in [4.69, 9.17) is 0 Å². The van der Waals surface area contributed by atoms with Gasteiger partial charge in [-0.1, -0.05) is 19.3 Å². The molecule has 1 aliphatic carbocycles. The van der Waals surface area contributed by atoms with Crippen molar-refractivity contribution in [2.75, 3.05) is 13.1 Å². The van der Waals surface area contributed by atoms with Crippen LogP contribution in [0, 0.1) is 11.8 Å². The van der Waals surface area contributed by atoms with Crippen molar-refractivity contribution in [2.45, 2.75) is 36.3 Å². The fourth-order valence-electron chi connectivity index (χ4n) is 3.37. The Morgan fingerprint density at radius 3 is 2.63 bits per heavy atom. The maximum absolute atomic E-state index is 12.7. The van der Waals surface area contributed by atoms with E-state index >= 15 is 0 Å². The van der Waals surface area contributed by atoms with Crippen molar-refractivity contribution in [3.05, 3.63) is 15.9 Å². The van der Waals surface area contributed by atoms with Gasteiger partial charge in [0.15, 0.2) is 0 Å². The summed E-state index contributed by atoms with van der Waals surface area (Å²) in [6.45, 7) is 1.41. The second-order valence-electron chi connectivity index (χ2n) is 5.51. The average Bonchev–Trinajstić information content (AvgIpc) is 2.85. The van der Waals surface area contributed by atoms with Crippen molar-refractivity contribution < 1.29 is 8.42 Å². The smallest absolute Gasteiger partial charge is 0.206 e. The maximum Gasteiger partial charge on any atom is 0.253 e. The Bertz CT molecular complexity index is 555. The van der Waals surface area contributed by atoms with Gasteiger partial charge in [0.2, 0.25) is 0 Å². The fourth-order valence-corrected chi connectivity index (χ4v) is 7.33. The number of rotatable bonds is 2. The first-order valence-corrected chi connectivity index (χ1v) is 9.93. The number of sulfonamides is 1. The predicted molar refractivity (Wildman–Crippen MR) is 80.8 cm³/mol. The third-order valence-corrected chi connectivity index (χ3v) is 8.92. The SMILES string of the molecule is O=S(=O)(c1sccc1Br)N1CCC2CCCCC2C1. The zero-order valence-electron chi connectivity index (χ0n) is 10.7. The van der Waals surface area contributed by atoms with Crippen LogP contribution in [0.25, 0.3) is 0 Å². The minimum absolute atomic E-state index is 0.460. The summed E-state index contributed by atoms with van der Waals surface area (Å²) in [6, 6.07) is 1.81. The van der Waals surface area contributed by atoms with Gasteiger partial charge in [-0.25, -0.2) is 8.42 Å². The molecule has 2 heterocycles. The number of halogens is 1. The van der Waals surface area contributed by atoms with Crippen molar-refractivity contribution in [1.82, 2.24) is 4.31 Å². The van der Waals surface area contributed by atoms with Crippen molar-refractivity contribution in [2.24, 2.45) is 11.8 Å². The number of piperidine rings is 1. The first kappa shape index (κ1) is 14.0. The average molecular weight is 364 g/mol. The summed E-state index contributed by atoms with van der Waals surface area (Å²) in [5.41, 5.74) is 0. The molecule has 2 fully saturated rings. The van der Waals surface area contributed by atoms with E-state index in [0.717, 1.165) is 18.9 Å². The normalized spacial score (nSPS) is 29.1. The molecule has 0 N–H and O–H groups in total. The van der Waals surface area contributed by atoms with Gasteiger partial charge in [0.05, 0.1) is 0 Å². The highest BCUT2D eigenvalue weighted by Gasteiger charge is 2.37. The number of thiophene rings is 1. The van der Waals surface area contributed by atoms with Gasteiger partial charge >= 0.3 is 0 Å². The molecule has 3 nitrogen and oxygen atoms in total. The lowest BCUT2D eigenvalue weighted by Crippen LogP contribution is -2.44. The van der Waals surface area contributed by atoms with Gasteiger partial charge in [0.1, 0.15) is 4.21 Å². The summed E-state index contributed by atoms with van der Waals surface area (Å²) in [6.07, 6.45) is 6.11. The van der Waals surface area contributed by atoms with Gasteiger partial charge in [-0.3, -0.25) is 0 Å². The Hall–Kier alpha value is 0.0900.